The molecular weight excluding hydrogens is 306 g/mol. The van der Waals surface area contributed by atoms with Crippen LogP contribution in [0.2, 0.25) is 0 Å². The molecule has 98 valence electrons. The first-order valence-corrected chi connectivity index (χ1v) is 6.85. The molecule has 0 fully saturated rings. The first kappa shape index (κ1) is 12.2. The molecule has 3 aromatic heterocycles. The summed E-state index contributed by atoms with van der Waals surface area (Å²) in [4.78, 5) is 8.83. The second kappa shape index (κ2) is 4.38. The van der Waals surface area contributed by atoms with Gasteiger partial charge in [0.05, 0.1) is 18.2 Å². The number of aryl methyl sites for hydroxylation is 2. The van der Waals surface area contributed by atoms with Crippen LogP contribution in [0.5, 0.6) is 0 Å². The summed E-state index contributed by atoms with van der Waals surface area (Å²) < 4.78 is 4.92. The zero-order valence-corrected chi connectivity index (χ0v) is 12.3. The quantitative estimate of drug-likeness (QED) is 0.790. The molecule has 0 bridgehead atoms. The molecule has 19 heavy (non-hydrogen) atoms. The summed E-state index contributed by atoms with van der Waals surface area (Å²) in [6.07, 6.45) is 5.52. The van der Waals surface area contributed by atoms with E-state index in [9.17, 15) is 0 Å². The van der Waals surface area contributed by atoms with Crippen molar-refractivity contribution in [1.82, 2.24) is 18.9 Å². The molecule has 5 nitrogen and oxygen atoms in total. The van der Waals surface area contributed by atoms with E-state index in [0.29, 0.717) is 5.82 Å². The van der Waals surface area contributed by atoms with E-state index in [-0.39, 0.29) is 0 Å². The molecule has 0 saturated heterocycles. The highest BCUT2D eigenvalue weighted by molar-refractivity contribution is 9.10. The summed E-state index contributed by atoms with van der Waals surface area (Å²) in [5.74, 6) is 0.634. The van der Waals surface area contributed by atoms with Crippen LogP contribution in [0.25, 0.3) is 17.0 Å². The molecule has 0 spiro atoms. The Labute approximate surface area is 119 Å². The SMILES string of the molecule is CCn1cncc1-c1nc2c(C)cc(Br)cn2c1N. The minimum atomic E-state index is 0.634. The molecule has 0 atom stereocenters. The van der Waals surface area contributed by atoms with Gasteiger partial charge >= 0.3 is 0 Å². The van der Waals surface area contributed by atoms with Crippen LogP contribution in [0, 0.1) is 6.92 Å². The molecule has 0 saturated carbocycles. The van der Waals surface area contributed by atoms with Crippen molar-refractivity contribution < 1.29 is 0 Å². The van der Waals surface area contributed by atoms with Gasteiger partial charge in [0.15, 0.2) is 0 Å². The third-order valence-corrected chi connectivity index (χ3v) is 3.64. The largest absolute Gasteiger partial charge is 0.383 e. The van der Waals surface area contributed by atoms with Crippen molar-refractivity contribution in [3.8, 4) is 11.4 Å². The van der Waals surface area contributed by atoms with E-state index < -0.39 is 0 Å². The second-order valence-electron chi connectivity index (χ2n) is 4.45. The zero-order valence-electron chi connectivity index (χ0n) is 10.8. The van der Waals surface area contributed by atoms with Gasteiger partial charge in [-0.25, -0.2) is 9.97 Å². The first-order valence-electron chi connectivity index (χ1n) is 6.06. The van der Waals surface area contributed by atoms with Crippen molar-refractivity contribution in [2.45, 2.75) is 20.4 Å². The Balaban J connectivity index is 2.32. The summed E-state index contributed by atoms with van der Waals surface area (Å²) in [6.45, 7) is 4.93. The Morgan fingerprint density at radius 2 is 2.21 bits per heavy atom. The van der Waals surface area contributed by atoms with E-state index in [1.54, 1.807) is 12.5 Å². The Hall–Kier alpha value is -1.82. The van der Waals surface area contributed by atoms with Gasteiger partial charge in [-0.1, -0.05) is 0 Å². The van der Waals surface area contributed by atoms with Crippen LogP contribution in [0.3, 0.4) is 0 Å². The summed E-state index contributed by atoms with van der Waals surface area (Å²) in [5.41, 5.74) is 9.91. The fourth-order valence-corrected chi connectivity index (χ4v) is 2.79. The number of nitrogen functional groups attached to an aromatic ring is 1. The molecule has 0 unspecified atom stereocenters. The van der Waals surface area contributed by atoms with Gasteiger partial charge in [0.1, 0.15) is 17.2 Å². The summed E-state index contributed by atoms with van der Waals surface area (Å²) >= 11 is 3.48. The molecule has 0 aliphatic heterocycles. The highest BCUT2D eigenvalue weighted by atomic mass is 79.9. The Morgan fingerprint density at radius 3 is 2.95 bits per heavy atom. The number of aromatic nitrogens is 4. The van der Waals surface area contributed by atoms with Gasteiger partial charge in [-0.3, -0.25) is 4.40 Å². The molecule has 0 aliphatic carbocycles. The number of nitrogens with zero attached hydrogens (tertiary/aromatic N) is 4. The summed E-state index contributed by atoms with van der Waals surface area (Å²) in [7, 11) is 0. The van der Waals surface area contributed by atoms with E-state index in [4.69, 9.17) is 5.73 Å². The average Bonchev–Trinajstić information content (AvgIpc) is 2.95. The third-order valence-electron chi connectivity index (χ3n) is 3.20. The lowest BCUT2D eigenvalue weighted by molar-refractivity contribution is 0.767. The Morgan fingerprint density at radius 1 is 1.42 bits per heavy atom. The lowest BCUT2D eigenvalue weighted by atomic mass is 10.3. The number of hydrogen-bond donors (Lipinski definition) is 1. The maximum atomic E-state index is 6.23. The molecule has 3 rings (SSSR count). The molecule has 0 aliphatic rings. The molecule has 0 radical (unpaired) electrons. The molecular formula is C13H14BrN5. The Kier molecular flexibility index (Phi) is 2.82. The molecule has 3 aromatic rings. The van der Waals surface area contributed by atoms with E-state index in [0.717, 1.165) is 33.6 Å². The highest BCUT2D eigenvalue weighted by Crippen LogP contribution is 2.28. The van der Waals surface area contributed by atoms with Crippen LogP contribution in [0.4, 0.5) is 5.82 Å². The van der Waals surface area contributed by atoms with Crippen LogP contribution in [-0.2, 0) is 6.54 Å². The van der Waals surface area contributed by atoms with Crippen molar-refractivity contribution in [3.63, 3.8) is 0 Å². The van der Waals surface area contributed by atoms with Gasteiger partial charge in [0.25, 0.3) is 0 Å². The lowest BCUT2D eigenvalue weighted by Gasteiger charge is -2.03. The van der Waals surface area contributed by atoms with Gasteiger partial charge in [0.2, 0.25) is 0 Å². The van der Waals surface area contributed by atoms with Crippen LogP contribution in [0.15, 0.2) is 29.3 Å². The summed E-state index contributed by atoms with van der Waals surface area (Å²) in [5, 5.41) is 0. The number of fused-ring (bicyclic) bond motifs is 1. The predicted molar refractivity (Wildman–Crippen MR) is 78.9 cm³/mol. The average molecular weight is 320 g/mol. The molecule has 2 N–H and O–H groups in total. The van der Waals surface area contributed by atoms with Crippen molar-refractivity contribution in [1.29, 1.82) is 0 Å². The minimum Gasteiger partial charge on any atom is -0.383 e. The first-order chi connectivity index (χ1) is 9.11. The third kappa shape index (κ3) is 1.83. The minimum absolute atomic E-state index is 0.634. The Bertz CT molecular complexity index is 756. The van der Waals surface area contributed by atoms with E-state index in [1.807, 2.05) is 28.2 Å². The fourth-order valence-electron chi connectivity index (χ4n) is 2.24. The van der Waals surface area contributed by atoms with Gasteiger partial charge in [-0.05, 0) is 41.4 Å². The van der Waals surface area contributed by atoms with Gasteiger partial charge < -0.3 is 10.3 Å². The van der Waals surface area contributed by atoms with E-state index >= 15 is 0 Å². The van der Waals surface area contributed by atoms with Crippen molar-refractivity contribution in [2.24, 2.45) is 0 Å². The van der Waals surface area contributed by atoms with Crippen molar-refractivity contribution in [2.75, 3.05) is 5.73 Å². The molecule has 0 amide bonds. The van der Waals surface area contributed by atoms with Crippen LogP contribution in [0.1, 0.15) is 12.5 Å². The fraction of sp³-hybridized carbons (Fsp3) is 0.231. The topological polar surface area (TPSA) is 61.1 Å². The highest BCUT2D eigenvalue weighted by Gasteiger charge is 2.16. The van der Waals surface area contributed by atoms with Crippen molar-refractivity contribution >= 4 is 27.4 Å². The number of anilines is 1. The van der Waals surface area contributed by atoms with Gasteiger partial charge in [-0.2, -0.15) is 0 Å². The monoisotopic (exact) mass is 319 g/mol. The smallest absolute Gasteiger partial charge is 0.142 e. The van der Waals surface area contributed by atoms with Crippen LogP contribution in [-0.4, -0.2) is 18.9 Å². The van der Waals surface area contributed by atoms with Crippen LogP contribution < -0.4 is 5.73 Å². The molecule has 6 heteroatoms. The zero-order chi connectivity index (χ0) is 13.6. The molecule has 3 heterocycles. The maximum absolute atomic E-state index is 6.23. The normalized spacial score (nSPS) is 11.3. The number of halogens is 1. The van der Waals surface area contributed by atoms with Gasteiger partial charge in [-0.15, -0.1) is 0 Å². The van der Waals surface area contributed by atoms with E-state index in [1.165, 1.54) is 0 Å². The maximum Gasteiger partial charge on any atom is 0.142 e. The van der Waals surface area contributed by atoms with Crippen molar-refractivity contribution in [3.05, 3.63) is 34.8 Å². The number of rotatable bonds is 2. The predicted octanol–water partition coefficient (Wildman–Crippen LogP) is 2.87. The number of hydrogen-bond acceptors (Lipinski definition) is 3. The number of pyridine rings is 1. The molecule has 0 aromatic carbocycles. The summed E-state index contributed by atoms with van der Waals surface area (Å²) in [6, 6.07) is 2.03. The number of imidazole rings is 2. The second-order valence-corrected chi connectivity index (χ2v) is 5.36. The van der Waals surface area contributed by atoms with E-state index in [2.05, 4.69) is 32.8 Å². The standard InChI is InChI=1S/C13H14BrN5/c1-3-18-7-16-5-10(18)11-12(15)19-6-9(14)4-8(2)13(19)17-11/h4-7H,3,15H2,1-2H3. The van der Waals surface area contributed by atoms with Crippen LogP contribution >= 0.6 is 15.9 Å². The van der Waals surface area contributed by atoms with Gasteiger partial charge in [0, 0.05) is 17.2 Å². The number of nitrogens with two attached hydrogens (primary N) is 1. The lowest BCUT2D eigenvalue weighted by Crippen LogP contribution is -1.98.